The molecule has 6 N–H and O–H groups in total. The molecule has 0 aliphatic carbocycles. The zero-order chi connectivity index (χ0) is 62.9. The monoisotopic (exact) mass is 1210 g/mol. The first-order valence-corrected chi connectivity index (χ1v) is 33.7. The second kappa shape index (κ2) is 51.7. The van der Waals surface area contributed by atoms with Crippen LogP contribution in [0.4, 0.5) is 0 Å². The molecule has 1 aliphatic rings. The number of ether oxygens (including phenoxy) is 6. The lowest BCUT2D eigenvalue weighted by Gasteiger charge is -2.44. The summed E-state index contributed by atoms with van der Waals surface area (Å²) in [6.07, 6.45) is 31.4. The second-order valence-corrected chi connectivity index (χ2v) is 23.9. The maximum absolute atomic E-state index is 14.1. The number of hydrogen-bond acceptors (Lipinski definition) is 15. The van der Waals surface area contributed by atoms with Crippen LogP contribution in [0.1, 0.15) is 305 Å². The van der Waals surface area contributed by atoms with Crippen molar-refractivity contribution in [3.63, 3.8) is 0 Å². The van der Waals surface area contributed by atoms with Gasteiger partial charge in [-0.1, -0.05) is 226 Å². The SMILES string of the molecule is CCCCCCCCCCCCCCCCCC(=O)OC[C@H]1O[C@H](OC(=O)C[C@@H](CCCCCCCCCCC)OC(=O)CCCCCCCCCCCCC)[C@H](NC(C)=O)[C@H](OC(C)C(=O)N[C@@H](C)C(=O)N[C@H](CCC(=O)OC)C(N)=O)[C@@H]1O. The van der Waals surface area contributed by atoms with Crippen molar-refractivity contribution in [2.45, 2.75) is 360 Å². The number of methoxy groups -OCH3 is 1. The number of aliphatic hydroxyl groups is 1. The van der Waals surface area contributed by atoms with E-state index in [0.717, 1.165) is 70.6 Å². The van der Waals surface area contributed by atoms with Gasteiger partial charge in [-0.15, -0.1) is 0 Å². The van der Waals surface area contributed by atoms with Crippen molar-refractivity contribution in [1.29, 1.82) is 0 Å². The summed E-state index contributed by atoms with van der Waals surface area (Å²) in [6.45, 7) is 10.0. The quantitative estimate of drug-likeness (QED) is 0.0215. The van der Waals surface area contributed by atoms with Gasteiger partial charge in [0.15, 0.2) is 0 Å². The topological polar surface area (TPSA) is 274 Å². The zero-order valence-corrected chi connectivity index (χ0v) is 54.1. The average Bonchev–Trinajstić information content (AvgIpc) is 2.36. The van der Waals surface area contributed by atoms with Crippen LogP contribution in [-0.4, -0.2) is 121 Å². The fourth-order valence-electron chi connectivity index (χ4n) is 10.7. The van der Waals surface area contributed by atoms with Crippen LogP contribution in [0.25, 0.3) is 0 Å². The first kappa shape index (κ1) is 78.7. The van der Waals surface area contributed by atoms with Gasteiger partial charge < -0.3 is 55.2 Å². The highest BCUT2D eigenvalue weighted by Gasteiger charge is 2.50. The Kier molecular flexibility index (Phi) is 47.8. The van der Waals surface area contributed by atoms with Crippen molar-refractivity contribution >= 4 is 47.5 Å². The molecule has 19 nitrogen and oxygen atoms in total. The summed E-state index contributed by atoms with van der Waals surface area (Å²) in [5.41, 5.74) is 5.47. The number of unbranched alkanes of at least 4 members (excludes halogenated alkanes) is 32. The molecule has 19 heteroatoms. The summed E-state index contributed by atoms with van der Waals surface area (Å²) in [6, 6.07) is -3.93. The Hall–Kier alpha value is -4.36. The molecule has 1 saturated heterocycles. The van der Waals surface area contributed by atoms with E-state index in [1.165, 1.54) is 163 Å². The predicted octanol–water partition coefficient (Wildman–Crippen LogP) is 12.1. The van der Waals surface area contributed by atoms with Crippen molar-refractivity contribution in [3.05, 3.63) is 0 Å². The number of hydrogen-bond donors (Lipinski definition) is 5. The molecule has 1 unspecified atom stereocenters. The van der Waals surface area contributed by atoms with E-state index in [0.29, 0.717) is 25.7 Å². The highest BCUT2D eigenvalue weighted by Crippen LogP contribution is 2.28. The van der Waals surface area contributed by atoms with E-state index >= 15 is 0 Å². The van der Waals surface area contributed by atoms with E-state index in [4.69, 9.17) is 29.4 Å². The number of esters is 4. The van der Waals surface area contributed by atoms with Gasteiger partial charge in [-0.2, -0.15) is 0 Å². The second-order valence-electron chi connectivity index (χ2n) is 23.9. The van der Waals surface area contributed by atoms with E-state index in [9.17, 15) is 43.5 Å². The van der Waals surface area contributed by atoms with Gasteiger partial charge in [0.2, 0.25) is 29.9 Å². The largest absolute Gasteiger partial charge is 0.469 e. The lowest BCUT2D eigenvalue weighted by molar-refractivity contribution is -0.275. The molecule has 9 atom stereocenters. The number of nitrogens with two attached hydrogens (primary N) is 1. The summed E-state index contributed by atoms with van der Waals surface area (Å²) >= 11 is 0. The van der Waals surface area contributed by atoms with Crippen LogP contribution in [0.5, 0.6) is 0 Å². The molecule has 1 aliphatic heterocycles. The maximum atomic E-state index is 14.1. The fraction of sp³-hybridized carbons (Fsp3) is 0.879. The van der Waals surface area contributed by atoms with Crippen molar-refractivity contribution in [3.8, 4) is 0 Å². The Balaban J connectivity index is 3.22. The van der Waals surface area contributed by atoms with Crippen molar-refractivity contribution in [1.82, 2.24) is 16.0 Å². The Labute approximate surface area is 512 Å². The first-order valence-electron chi connectivity index (χ1n) is 33.7. The molecule has 0 aromatic heterocycles. The molecular formula is C66H120N4O15. The van der Waals surface area contributed by atoms with Crippen LogP contribution in [-0.2, 0) is 66.8 Å². The molecule has 85 heavy (non-hydrogen) atoms. The lowest BCUT2D eigenvalue weighted by atomic mass is 9.96. The number of rotatable bonds is 55. The smallest absolute Gasteiger partial charge is 0.311 e. The van der Waals surface area contributed by atoms with Crippen molar-refractivity contribution in [2.75, 3.05) is 13.7 Å². The summed E-state index contributed by atoms with van der Waals surface area (Å²) in [5, 5.41) is 19.5. The molecular weight excluding hydrogens is 1090 g/mol. The Morgan fingerprint density at radius 2 is 0.965 bits per heavy atom. The van der Waals surface area contributed by atoms with E-state index < -0.39 is 109 Å². The third-order valence-electron chi connectivity index (χ3n) is 16.0. The summed E-state index contributed by atoms with van der Waals surface area (Å²) in [5.74, 6) is -5.55. The number of carbonyl (C=O) groups is 8. The number of nitrogens with one attached hydrogen (secondary N) is 3. The van der Waals surface area contributed by atoms with Gasteiger partial charge in [0, 0.05) is 26.2 Å². The summed E-state index contributed by atoms with van der Waals surface area (Å²) in [4.78, 5) is 104. The molecule has 0 aromatic rings. The third-order valence-corrected chi connectivity index (χ3v) is 16.0. The van der Waals surface area contributed by atoms with Gasteiger partial charge in [0.1, 0.15) is 55.3 Å². The molecule has 0 radical (unpaired) electrons. The van der Waals surface area contributed by atoms with Crippen LogP contribution in [0.15, 0.2) is 0 Å². The highest BCUT2D eigenvalue weighted by atomic mass is 16.7. The van der Waals surface area contributed by atoms with Crippen LogP contribution in [0.2, 0.25) is 0 Å². The van der Waals surface area contributed by atoms with Gasteiger partial charge in [-0.05, 0) is 46.0 Å². The minimum absolute atomic E-state index is 0.126. The van der Waals surface area contributed by atoms with Gasteiger partial charge in [-0.3, -0.25) is 38.4 Å². The van der Waals surface area contributed by atoms with E-state index in [1.54, 1.807) is 0 Å². The lowest BCUT2D eigenvalue weighted by Crippen LogP contribution is -2.66. The minimum Gasteiger partial charge on any atom is -0.469 e. The molecule has 1 fully saturated rings. The Bertz CT molecular complexity index is 1810. The van der Waals surface area contributed by atoms with Gasteiger partial charge in [0.05, 0.1) is 13.5 Å². The summed E-state index contributed by atoms with van der Waals surface area (Å²) in [7, 11) is 1.18. The molecule has 4 amide bonds. The number of carbonyl (C=O) groups excluding carboxylic acids is 8. The predicted molar refractivity (Wildman–Crippen MR) is 331 cm³/mol. The van der Waals surface area contributed by atoms with Crippen LogP contribution < -0.4 is 21.7 Å². The minimum atomic E-state index is -1.68. The normalized spacial score (nSPS) is 18.1. The molecule has 494 valence electrons. The first-order chi connectivity index (χ1) is 41.0. The van der Waals surface area contributed by atoms with E-state index in [2.05, 4.69) is 41.5 Å². The fourth-order valence-corrected chi connectivity index (χ4v) is 10.7. The van der Waals surface area contributed by atoms with Gasteiger partial charge >= 0.3 is 23.9 Å². The van der Waals surface area contributed by atoms with E-state index in [-0.39, 0.29) is 32.1 Å². The van der Waals surface area contributed by atoms with Gasteiger partial charge in [-0.25, -0.2) is 0 Å². The molecule has 1 rings (SSSR count). The maximum Gasteiger partial charge on any atom is 0.311 e. The molecule has 0 bridgehead atoms. The highest BCUT2D eigenvalue weighted by molar-refractivity contribution is 5.92. The van der Waals surface area contributed by atoms with Crippen molar-refractivity contribution < 1.29 is 71.9 Å². The standard InChI is InChI=1S/C66H120N4O15/c1-8-11-14-17-20-23-25-26-27-28-30-32-35-38-41-44-57(73)81-49-55-61(76)62(82-51(5)65(79)68-50(4)64(78)70-54(63(67)77)46-47-56(72)80-7)60(69-52(6)71)66(84-55)85-59(75)48-53(43-40-37-34-31-22-19-16-13-10-3)83-58(74)45-42-39-36-33-29-24-21-18-15-12-9-2/h50-51,53-55,60-62,66,76H,8-49H2,1-7H3,(H2,67,77)(H,68,79)(H,69,71)(H,70,78)/t50-,51?,53+,54+,55+,60+,61+,62-,66+/m0/s1. The molecule has 1 heterocycles. The van der Waals surface area contributed by atoms with Crippen LogP contribution >= 0.6 is 0 Å². The number of amides is 4. The Morgan fingerprint density at radius 1 is 0.529 bits per heavy atom. The number of primary amides is 1. The van der Waals surface area contributed by atoms with Crippen LogP contribution in [0.3, 0.4) is 0 Å². The Morgan fingerprint density at radius 3 is 1.40 bits per heavy atom. The van der Waals surface area contributed by atoms with Crippen molar-refractivity contribution in [2.24, 2.45) is 5.73 Å². The summed E-state index contributed by atoms with van der Waals surface area (Å²) < 4.78 is 34.6. The molecule has 0 saturated carbocycles. The van der Waals surface area contributed by atoms with Gasteiger partial charge in [0.25, 0.3) is 0 Å². The van der Waals surface area contributed by atoms with Crippen LogP contribution in [0, 0.1) is 0 Å². The zero-order valence-electron chi connectivity index (χ0n) is 54.1. The molecule has 0 spiro atoms. The third kappa shape index (κ3) is 40.7. The average molecular weight is 1210 g/mol. The van der Waals surface area contributed by atoms with E-state index in [1.807, 2.05) is 0 Å². The molecule has 0 aromatic carbocycles. The number of aliphatic hydroxyl groups excluding tert-OH is 1.